The molecule has 0 radical (unpaired) electrons. The van der Waals surface area contributed by atoms with Gasteiger partial charge in [0.15, 0.2) is 14.6 Å². The van der Waals surface area contributed by atoms with E-state index in [0.717, 1.165) is 19.3 Å². The van der Waals surface area contributed by atoms with Gasteiger partial charge in [-0.1, -0.05) is 103 Å². The Morgan fingerprint density at radius 3 is 2.26 bits per heavy atom. The van der Waals surface area contributed by atoms with Crippen molar-refractivity contribution >= 4 is 14.3 Å². The van der Waals surface area contributed by atoms with E-state index in [1.54, 1.807) is 6.66 Å². The van der Waals surface area contributed by atoms with Gasteiger partial charge in [0, 0.05) is 26.4 Å². The van der Waals surface area contributed by atoms with E-state index in [2.05, 4.69) is 33.9 Å². The Labute approximate surface area is 276 Å². The van der Waals surface area contributed by atoms with Crippen LogP contribution in [0, 0.1) is 18.4 Å². The summed E-state index contributed by atoms with van der Waals surface area (Å²) in [6, 6.07) is 0. The Morgan fingerprint density at radius 2 is 1.67 bits per heavy atom. The van der Waals surface area contributed by atoms with Gasteiger partial charge in [0.05, 0.1) is 12.6 Å². The van der Waals surface area contributed by atoms with Crippen molar-refractivity contribution in [2.24, 2.45) is 0 Å². The van der Waals surface area contributed by atoms with Gasteiger partial charge in [-0.3, -0.25) is 19.1 Å². The van der Waals surface area contributed by atoms with Gasteiger partial charge in [0.1, 0.15) is 24.4 Å². The number of nitrogens with zero attached hydrogens (tertiary/aromatic N) is 2. The summed E-state index contributed by atoms with van der Waals surface area (Å²) in [7, 11) is 0.197. The molecule has 1 aliphatic heterocycles. The van der Waals surface area contributed by atoms with Crippen LogP contribution in [0.4, 0.5) is 0 Å². The molecule has 1 amide bonds. The molecule has 258 valence electrons. The minimum atomic E-state index is -1.31. The smallest absolute Gasteiger partial charge is 0.330 e. The number of aromatic amines is 1. The van der Waals surface area contributed by atoms with Crippen LogP contribution in [0.1, 0.15) is 122 Å². The van der Waals surface area contributed by atoms with Crippen LogP contribution < -0.4 is 16.6 Å². The number of methoxy groups -OCH3 is 1. The number of nitrogens with one attached hydrogen (secondary N) is 2. The molecule has 2 unspecified atom stereocenters. The van der Waals surface area contributed by atoms with Gasteiger partial charge in [-0.2, -0.15) is 0 Å². The van der Waals surface area contributed by atoms with E-state index >= 15 is 0 Å². The fraction of sp³-hybridized carbons (Fsp3) is 0.765. The predicted molar refractivity (Wildman–Crippen MR) is 182 cm³/mol. The Bertz CT molecular complexity index is 1230. The van der Waals surface area contributed by atoms with E-state index in [0.29, 0.717) is 12.8 Å². The van der Waals surface area contributed by atoms with Gasteiger partial charge in [0.2, 0.25) is 12.5 Å². The van der Waals surface area contributed by atoms with Crippen molar-refractivity contribution in [3.8, 4) is 11.8 Å². The number of rotatable bonds is 23. The molecular formula is C34H55N4O7P. The number of amides is 1. The van der Waals surface area contributed by atoms with E-state index in [1.165, 1.54) is 82.1 Å². The molecule has 11 nitrogen and oxygen atoms in total. The van der Waals surface area contributed by atoms with Crippen LogP contribution in [0.2, 0.25) is 0 Å². The molecule has 2 rings (SSSR count). The molecule has 0 saturated carbocycles. The Balaban J connectivity index is 1.80. The van der Waals surface area contributed by atoms with Gasteiger partial charge in [0.25, 0.3) is 5.56 Å². The quantitative estimate of drug-likeness (QED) is 0.0631. The predicted octanol–water partition coefficient (Wildman–Crippen LogP) is 6.07. The maximum absolute atomic E-state index is 12.8. The lowest BCUT2D eigenvalue weighted by Crippen LogP contribution is -2.40. The van der Waals surface area contributed by atoms with Crippen molar-refractivity contribution in [3.63, 3.8) is 0 Å². The van der Waals surface area contributed by atoms with Crippen molar-refractivity contribution in [1.82, 2.24) is 14.9 Å². The zero-order chi connectivity index (χ0) is 33.6. The van der Waals surface area contributed by atoms with Crippen molar-refractivity contribution in [1.29, 1.82) is 0 Å². The molecule has 1 aromatic heterocycles. The summed E-state index contributed by atoms with van der Waals surface area (Å²) in [6.07, 6.45) is 16.3. The number of aromatic nitrogens is 2. The maximum atomic E-state index is 12.8. The first-order valence-corrected chi connectivity index (χ1v) is 18.6. The normalized spacial score (nSPS) is 19.7. The highest BCUT2D eigenvalue weighted by atomic mass is 31.2. The molecule has 5 atom stereocenters. The number of ether oxygens (including phenoxy) is 2. The van der Waals surface area contributed by atoms with Crippen molar-refractivity contribution in [2.45, 2.75) is 135 Å². The molecule has 2 heterocycles. The second kappa shape index (κ2) is 23.7. The lowest BCUT2D eigenvalue weighted by atomic mass is 10.0. The monoisotopic (exact) mass is 662 g/mol. The molecule has 1 aromatic rings. The Hall–Kier alpha value is -2.53. The summed E-state index contributed by atoms with van der Waals surface area (Å²) in [5, 5.41) is 2.79. The summed E-state index contributed by atoms with van der Waals surface area (Å²) in [4.78, 5) is 43.1. The SMILES string of the molecule is [C-]#[N+]CCOP(C)O[C@@H]1C(OC)[C@H](n2cc(C#CCNC(=O)CCCCCCCCCCCCCCC)c(=O)[nH]c2=O)O[C@@H]1CC. The van der Waals surface area contributed by atoms with Crippen molar-refractivity contribution in [3.05, 3.63) is 44.0 Å². The third kappa shape index (κ3) is 14.5. The van der Waals surface area contributed by atoms with Crippen LogP contribution in [0.5, 0.6) is 0 Å². The third-order valence-corrected chi connectivity index (χ3v) is 9.14. The third-order valence-electron chi connectivity index (χ3n) is 8.05. The van der Waals surface area contributed by atoms with Gasteiger partial charge >= 0.3 is 5.69 Å². The summed E-state index contributed by atoms with van der Waals surface area (Å²) in [5.74, 6) is 5.52. The molecule has 0 aromatic carbocycles. The lowest BCUT2D eigenvalue weighted by molar-refractivity contribution is -0.120. The minimum absolute atomic E-state index is 0.0656. The number of unbranched alkanes of at least 4 members (excludes halogenated alkanes) is 12. The summed E-state index contributed by atoms with van der Waals surface area (Å²) >= 11 is 0. The van der Waals surface area contributed by atoms with Crippen LogP contribution >= 0.6 is 8.38 Å². The molecule has 46 heavy (non-hydrogen) atoms. The molecule has 1 aliphatic rings. The van der Waals surface area contributed by atoms with Gasteiger partial charge < -0.3 is 28.7 Å². The molecule has 2 N–H and O–H groups in total. The van der Waals surface area contributed by atoms with Gasteiger partial charge in [-0.15, -0.1) is 0 Å². The highest BCUT2D eigenvalue weighted by Gasteiger charge is 2.47. The zero-order valence-electron chi connectivity index (χ0n) is 28.3. The van der Waals surface area contributed by atoms with E-state index in [1.807, 2.05) is 6.92 Å². The highest BCUT2D eigenvalue weighted by molar-refractivity contribution is 7.46. The fourth-order valence-electron chi connectivity index (χ4n) is 5.49. The van der Waals surface area contributed by atoms with Crippen molar-refractivity contribution < 1.29 is 23.3 Å². The van der Waals surface area contributed by atoms with Crippen LogP contribution in [0.3, 0.4) is 0 Å². The molecule has 1 saturated heterocycles. The Morgan fingerprint density at radius 1 is 1.04 bits per heavy atom. The van der Waals surface area contributed by atoms with Crippen molar-refractivity contribution in [2.75, 3.05) is 33.5 Å². The number of carbonyl (C=O) groups excluding carboxylic acids is 1. The summed E-state index contributed by atoms with van der Waals surface area (Å²) in [5.41, 5.74) is -1.21. The lowest BCUT2D eigenvalue weighted by Gasteiger charge is -2.25. The van der Waals surface area contributed by atoms with Gasteiger partial charge in [-0.05, 0) is 12.8 Å². The average Bonchev–Trinajstić information content (AvgIpc) is 3.39. The first kappa shape index (κ1) is 39.6. The molecule has 0 spiro atoms. The molecule has 0 aliphatic carbocycles. The van der Waals surface area contributed by atoms with Gasteiger partial charge in [-0.25, -0.2) is 11.4 Å². The van der Waals surface area contributed by atoms with E-state index in [9.17, 15) is 14.4 Å². The largest absolute Gasteiger partial charge is 0.374 e. The van der Waals surface area contributed by atoms with Crippen LogP contribution in [0.25, 0.3) is 4.85 Å². The molecule has 1 fully saturated rings. The zero-order valence-corrected chi connectivity index (χ0v) is 29.2. The number of carbonyl (C=O) groups is 1. The minimum Gasteiger partial charge on any atom is -0.374 e. The molecular weight excluding hydrogens is 607 g/mol. The Kier molecular flexibility index (Phi) is 20.5. The number of hydrogen-bond donors (Lipinski definition) is 2. The average molecular weight is 663 g/mol. The first-order valence-electron chi connectivity index (χ1n) is 17.0. The van der Waals surface area contributed by atoms with Crippen LogP contribution in [0.15, 0.2) is 15.8 Å². The topological polar surface area (TPSA) is 125 Å². The highest BCUT2D eigenvalue weighted by Crippen LogP contribution is 2.43. The second-order valence-electron chi connectivity index (χ2n) is 11.7. The van der Waals surface area contributed by atoms with Crippen LogP contribution in [-0.4, -0.2) is 67.2 Å². The molecule has 12 heteroatoms. The summed E-state index contributed by atoms with van der Waals surface area (Å²) < 4.78 is 24.9. The van der Waals surface area contributed by atoms with E-state index in [4.69, 9.17) is 25.1 Å². The number of hydrogen-bond acceptors (Lipinski definition) is 7. The first-order chi connectivity index (χ1) is 22.4. The van der Waals surface area contributed by atoms with E-state index < -0.39 is 38.1 Å². The van der Waals surface area contributed by atoms with Crippen LogP contribution in [-0.2, 0) is 23.3 Å². The fourth-order valence-corrected chi connectivity index (χ4v) is 6.49. The molecule has 0 bridgehead atoms. The standard InChI is InChI=1S/C34H55N4O7P/c1-6-8-9-10-11-12-13-14-15-16-17-18-19-22-29(39)36-23-20-21-27-26-38(34(41)37-32(27)40)33-31(42-4)30(28(7-2)44-33)45-46(5)43-25-24-35-3/h26,28,30-31,33H,6-19,22-25H2,1-2,4-5H3,(H,36,39)(H,37,40,41)/t28-,30+,31?,33-,46?/m1/s1. The van der Waals surface area contributed by atoms with E-state index in [-0.39, 0.29) is 37.3 Å². The second-order valence-corrected chi connectivity index (χ2v) is 13.0. The maximum Gasteiger partial charge on any atom is 0.330 e. The number of H-pyrrole nitrogens is 1. The summed E-state index contributed by atoms with van der Waals surface area (Å²) in [6.45, 7) is 13.5.